The van der Waals surface area contributed by atoms with Gasteiger partial charge < -0.3 is 5.43 Å². The molecule has 0 aromatic heterocycles. The van der Waals surface area contributed by atoms with Crippen molar-refractivity contribution >= 4 is 27.5 Å². The molecule has 0 fully saturated rings. The second kappa shape index (κ2) is 6.83. The lowest BCUT2D eigenvalue weighted by molar-refractivity contribution is -0.384. The van der Waals surface area contributed by atoms with E-state index in [1.807, 2.05) is 6.07 Å². The number of nitro groups is 1. The number of rotatable bonds is 6. The third-order valence-corrected chi connectivity index (χ3v) is 3.51. The number of hydrazine groups is 1. The molecular weight excluding hydrogens is 306 g/mol. The van der Waals surface area contributed by atoms with Gasteiger partial charge in [-0.05, 0) is 17.7 Å². The van der Waals surface area contributed by atoms with E-state index in [1.165, 1.54) is 30.3 Å². The minimum absolute atomic E-state index is 0.135. The standard InChI is InChI=1S/C14H13N3O4S/c18-17(19)14-8-4-7-13(11-14)15-16-22(20,21)10-9-12-5-2-1-3-6-12/h1-11,15-16H. The SMILES string of the molecule is O=[N+]([O-])c1cccc(NNS(=O)(=O)C=Cc2ccccc2)c1. The van der Waals surface area contributed by atoms with Crippen molar-refractivity contribution < 1.29 is 13.3 Å². The predicted octanol–water partition coefficient (Wildman–Crippen LogP) is 2.51. The van der Waals surface area contributed by atoms with Crippen LogP contribution in [0.1, 0.15) is 5.56 Å². The van der Waals surface area contributed by atoms with Crippen LogP contribution in [0.3, 0.4) is 0 Å². The van der Waals surface area contributed by atoms with E-state index in [-0.39, 0.29) is 11.4 Å². The largest absolute Gasteiger partial charge is 0.308 e. The number of sulfonamides is 1. The van der Waals surface area contributed by atoms with Crippen molar-refractivity contribution in [3.8, 4) is 0 Å². The molecule has 7 nitrogen and oxygen atoms in total. The van der Waals surface area contributed by atoms with Crippen LogP contribution in [-0.4, -0.2) is 13.3 Å². The Morgan fingerprint density at radius 2 is 1.77 bits per heavy atom. The highest BCUT2D eigenvalue weighted by atomic mass is 32.2. The zero-order chi connectivity index (χ0) is 16.0. The number of anilines is 1. The number of hydrogen-bond acceptors (Lipinski definition) is 5. The van der Waals surface area contributed by atoms with Gasteiger partial charge >= 0.3 is 0 Å². The van der Waals surface area contributed by atoms with Crippen LogP contribution in [-0.2, 0) is 10.0 Å². The molecule has 0 radical (unpaired) electrons. The summed E-state index contributed by atoms with van der Waals surface area (Å²) in [4.78, 5) is 12.2. The second-order valence-electron chi connectivity index (χ2n) is 4.29. The van der Waals surface area contributed by atoms with Crippen molar-refractivity contribution in [1.82, 2.24) is 4.83 Å². The molecule has 0 bridgehead atoms. The van der Waals surface area contributed by atoms with Gasteiger partial charge in [-0.15, -0.1) is 4.83 Å². The Hall–Kier alpha value is -2.71. The van der Waals surface area contributed by atoms with E-state index in [0.717, 1.165) is 11.0 Å². The number of non-ortho nitro benzene ring substituents is 1. The van der Waals surface area contributed by atoms with Gasteiger partial charge in [0.15, 0.2) is 0 Å². The highest BCUT2D eigenvalue weighted by Crippen LogP contribution is 2.16. The maximum Gasteiger partial charge on any atom is 0.271 e. The lowest BCUT2D eigenvalue weighted by atomic mass is 10.2. The second-order valence-corrected chi connectivity index (χ2v) is 5.86. The highest BCUT2D eigenvalue weighted by Gasteiger charge is 2.08. The molecule has 0 saturated carbocycles. The molecule has 22 heavy (non-hydrogen) atoms. The first-order chi connectivity index (χ1) is 10.5. The summed E-state index contributed by atoms with van der Waals surface area (Å²) in [7, 11) is -3.72. The average molecular weight is 319 g/mol. The normalized spacial score (nSPS) is 11.5. The smallest absolute Gasteiger partial charge is 0.271 e. The molecule has 0 saturated heterocycles. The van der Waals surface area contributed by atoms with Gasteiger partial charge in [-0.1, -0.05) is 36.4 Å². The summed E-state index contributed by atoms with van der Waals surface area (Å²) in [6.45, 7) is 0. The van der Waals surface area contributed by atoms with Crippen molar-refractivity contribution in [2.24, 2.45) is 0 Å². The topological polar surface area (TPSA) is 101 Å². The van der Waals surface area contributed by atoms with Crippen LogP contribution in [0.2, 0.25) is 0 Å². The Labute approximate surface area is 127 Å². The molecule has 2 N–H and O–H groups in total. The molecule has 2 aromatic rings. The molecule has 114 valence electrons. The molecule has 0 spiro atoms. The zero-order valence-electron chi connectivity index (χ0n) is 11.3. The van der Waals surface area contributed by atoms with Crippen LogP contribution >= 0.6 is 0 Å². The minimum Gasteiger partial charge on any atom is -0.308 e. The van der Waals surface area contributed by atoms with Gasteiger partial charge in [0.1, 0.15) is 0 Å². The number of nitrogens with one attached hydrogen (secondary N) is 2. The van der Waals surface area contributed by atoms with Crippen molar-refractivity contribution in [2.45, 2.75) is 0 Å². The van der Waals surface area contributed by atoms with E-state index < -0.39 is 14.9 Å². The molecule has 0 aliphatic rings. The van der Waals surface area contributed by atoms with Gasteiger partial charge in [0.05, 0.1) is 10.6 Å². The first-order valence-electron chi connectivity index (χ1n) is 6.22. The van der Waals surface area contributed by atoms with Gasteiger partial charge in [-0.2, -0.15) is 0 Å². The van der Waals surface area contributed by atoms with Crippen molar-refractivity contribution in [3.05, 3.63) is 75.7 Å². The maximum atomic E-state index is 11.8. The summed E-state index contributed by atoms with van der Waals surface area (Å²) in [6, 6.07) is 14.4. The van der Waals surface area contributed by atoms with Gasteiger partial charge in [0.2, 0.25) is 10.0 Å². The Bertz CT molecular complexity index is 789. The molecule has 0 atom stereocenters. The molecule has 0 amide bonds. The average Bonchev–Trinajstić information content (AvgIpc) is 2.53. The van der Waals surface area contributed by atoms with Gasteiger partial charge in [-0.25, -0.2) is 8.42 Å². The molecule has 2 rings (SSSR count). The monoisotopic (exact) mass is 319 g/mol. The van der Waals surface area contributed by atoms with Crippen molar-refractivity contribution in [3.63, 3.8) is 0 Å². The van der Waals surface area contributed by atoms with Crippen LogP contribution in [0.15, 0.2) is 60.0 Å². The summed E-state index contributed by atoms with van der Waals surface area (Å²) < 4.78 is 23.6. The Kier molecular flexibility index (Phi) is 4.87. The zero-order valence-corrected chi connectivity index (χ0v) is 12.2. The third-order valence-electron chi connectivity index (χ3n) is 2.63. The molecule has 0 aliphatic heterocycles. The van der Waals surface area contributed by atoms with Gasteiger partial charge in [0.25, 0.3) is 5.69 Å². The van der Waals surface area contributed by atoms with Crippen LogP contribution in [0.25, 0.3) is 6.08 Å². The van der Waals surface area contributed by atoms with Crippen molar-refractivity contribution in [2.75, 3.05) is 5.43 Å². The maximum absolute atomic E-state index is 11.8. The Morgan fingerprint density at radius 3 is 2.45 bits per heavy atom. The number of nitrogens with zero attached hydrogens (tertiary/aromatic N) is 1. The van der Waals surface area contributed by atoms with Crippen LogP contribution in [0.5, 0.6) is 0 Å². The fraction of sp³-hybridized carbons (Fsp3) is 0. The molecular formula is C14H13N3O4S. The van der Waals surface area contributed by atoms with E-state index in [4.69, 9.17) is 0 Å². The quantitative estimate of drug-likeness (QED) is 0.629. The Balaban J connectivity index is 2.02. The number of benzene rings is 2. The van der Waals surface area contributed by atoms with Crippen LogP contribution in [0, 0.1) is 10.1 Å². The fourth-order valence-electron chi connectivity index (χ4n) is 1.59. The van der Waals surface area contributed by atoms with Gasteiger partial charge in [-0.3, -0.25) is 10.1 Å². The van der Waals surface area contributed by atoms with E-state index >= 15 is 0 Å². The highest BCUT2D eigenvalue weighted by molar-refractivity contribution is 7.92. The summed E-state index contributed by atoms with van der Waals surface area (Å²) in [6.07, 6.45) is 1.44. The van der Waals surface area contributed by atoms with E-state index in [0.29, 0.717) is 0 Å². The first-order valence-corrected chi connectivity index (χ1v) is 7.76. The summed E-state index contributed by atoms with van der Waals surface area (Å²) in [5, 5.41) is 11.6. The lowest BCUT2D eigenvalue weighted by Gasteiger charge is -2.06. The summed E-state index contributed by atoms with van der Waals surface area (Å²) in [5.74, 6) is 0. The summed E-state index contributed by atoms with van der Waals surface area (Å²) >= 11 is 0. The molecule has 0 heterocycles. The van der Waals surface area contributed by atoms with Crippen molar-refractivity contribution in [1.29, 1.82) is 0 Å². The van der Waals surface area contributed by atoms with Crippen LogP contribution in [0.4, 0.5) is 11.4 Å². The molecule has 8 heteroatoms. The van der Waals surface area contributed by atoms with Gasteiger partial charge in [0, 0.05) is 17.5 Å². The van der Waals surface area contributed by atoms with E-state index in [2.05, 4.69) is 10.3 Å². The number of hydrogen-bond donors (Lipinski definition) is 2. The van der Waals surface area contributed by atoms with E-state index in [9.17, 15) is 18.5 Å². The Morgan fingerprint density at radius 1 is 1.05 bits per heavy atom. The summed E-state index contributed by atoms with van der Waals surface area (Å²) in [5.41, 5.74) is 3.30. The fourth-order valence-corrected chi connectivity index (χ4v) is 2.26. The third kappa shape index (κ3) is 4.69. The minimum atomic E-state index is -3.72. The predicted molar refractivity (Wildman–Crippen MR) is 84.3 cm³/mol. The molecule has 0 unspecified atom stereocenters. The van der Waals surface area contributed by atoms with E-state index in [1.54, 1.807) is 24.3 Å². The molecule has 0 aliphatic carbocycles. The number of nitro benzene ring substituents is 1. The lowest BCUT2D eigenvalue weighted by Crippen LogP contribution is -2.27. The molecule has 2 aromatic carbocycles. The first kappa shape index (κ1) is 15.7. The van der Waals surface area contributed by atoms with Crippen LogP contribution < -0.4 is 10.3 Å².